The second-order valence-corrected chi connectivity index (χ2v) is 6.10. The third-order valence-corrected chi connectivity index (χ3v) is 4.05. The maximum absolute atomic E-state index is 13.2. The van der Waals surface area contributed by atoms with E-state index in [9.17, 15) is 13.2 Å². The number of hydrogen-bond acceptors (Lipinski definition) is 7. The van der Waals surface area contributed by atoms with E-state index in [1.54, 1.807) is 6.07 Å². The first-order valence-corrected chi connectivity index (χ1v) is 8.36. The minimum atomic E-state index is -4.62. The highest BCUT2D eigenvalue weighted by atomic mass is 19.4. The van der Waals surface area contributed by atoms with E-state index in [0.29, 0.717) is 18.4 Å². The quantitative estimate of drug-likeness (QED) is 0.826. The van der Waals surface area contributed by atoms with E-state index >= 15 is 0 Å². The number of halogens is 3. The molecule has 0 amide bonds. The van der Waals surface area contributed by atoms with Crippen LogP contribution >= 0.6 is 0 Å². The van der Waals surface area contributed by atoms with Crippen molar-refractivity contribution in [2.24, 2.45) is 5.92 Å². The maximum atomic E-state index is 13.2. The van der Waals surface area contributed by atoms with Crippen LogP contribution in [0.3, 0.4) is 0 Å². The normalized spacial score (nSPS) is 17.2. The van der Waals surface area contributed by atoms with Crippen LogP contribution < -0.4 is 15.4 Å². The molecule has 1 fully saturated rings. The molecule has 1 atom stereocenters. The van der Waals surface area contributed by atoms with Crippen molar-refractivity contribution in [3.63, 3.8) is 0 Å². The number of anilines is 2. The number of ether oxygens (including phenoxy) is 1. The average Bonchev–Trinajstić information content (AvgIpc) is 2.67. The van der Waals surface area contributed by atoms with Crippen LogP contribution in [0.25, 0.3) is 0 Å². The number of rotatable bonds is 5. The highest BCUT2D eigenvalue weighted by Crippen LogP contribution is 2.35. The third-order valence-electron chi connectivity index (χ3n) is 4.05. The summed E-state index contributed by atoms with van der Waals surface area (Å²) in [6.45, 7) is 1.75. The molecule has 27 heavy (non-hydrogen) atoms. The summed E-state index contributed by atoms with van der Waals surface area (Å²) < 4.78 is 45.1. The van der Waals surface area contributed by atoms with Gasteiger partial charge in [-0.2, -0.15) is 23.4 Å². The second-order valence-electron chi connectivity index (χ2n) is 6.10. The number of nitrogens with zero attached hydrogens (tertiary/aromatic N) is 4. The lowest BCUT2D eigenvalue weighted by atomic mass is 10.0. The second kappa shape index (κ2) is 8.18. The first kappa shape index (κ1) is 18.8. The summed E-state index contributed by atoms with van der Waals surface area (Å²) in [7, 11) is 0. The summed E-state index contributed by atoms with van der Waals surface area (Å²) in [5.74, 6) is -0.424. The van der Waals surface area contributed by atoms with Gasteiger partial charge in [0.1, 0.15) is 17.3 Å². The number of pyridine rings is 1. The molecule has 0 radical (unpaired) electrons. The summed E-state index contributed by atoms with van der Waals surface area (Å²) in [4.78, 5) is 11.5. The van der Waals surface area contributed by atoms with E-state index in [0.717, 1.165) is 19.4 Å². The van der Waals surface area contributed by atoms with E-state index < -0.39 is 17.6 Å². The van der Waals surface area contributed by atoms with Crippen molar-refractivity contribution in [3.8, 4) is 11.9 Å². The summed E-state index contributed by atoms with van der Waals surface area (Å²) >= 11 is 0. The maximum Gasteiger partial charge on any atom is 0.423 e. The third kappa shape index (κ3) is 5.04. The Morgan fingerprint density at radius 3 is 2.78 bits per heavy atom. The Bertz CT molecular complexity index is 813. The zero-order valence-electron chi connectivity index (χ0n) is 14.3. The first-order valence-electron chi connectivity index (χ1n) is 8.36. The van der Waals surface area contributed by atoms with Crippen LogP contribution in [0.2, 0.25) is 0 Å². The van der Waals surface area contributed by atoms with Gasteiger partial charge >= 0.3 is 6.18 Å². The number of nitrogens with one attached hydrogen (secondary N) is 2. The zero-order chi connectivity index (χ0) is 19.3. The van der Waals surface area contributed by atoms with E-state index in [-0.39, 0.29) is 24.2 Å². The molecular weight excluding hydrogens is 361 g/mol. The van der Waals surface area contributed by atoms with Gasteiger partial charge in [0.2, 0.25) is 11.8 Å². The molecule has 7 nitrogen and oxygen atoms in total. The summed E-state index contributed by atoms with van der Waals surface area (Å²) in [5, 5.41) is 14.7. The van der Waals surface area contributed by atoms with Gasteiger partial charge in [0, 0.05) is 18.7 Å². The molecule has 142 valence electrons. The van der Waals surface area contributed by atoms with Crippen LogP contribution in [-0.2, 0) is 6.18 Å². The lowest BCUT2D eigenvalue weighted by Crippen LogP contribution is -2.33. The fourth-order valence-corrected chi connectivity index (χ4v) is 2.66. The molecule has 0 unspecified atom stereocenters. The van der Waals surface area contributed by atoms with Crippen molar-refractivity contribution in [3.05, 3.63) is 35.8 Å². The fraction of sp³-hybridized carbons (Fsp3) is 0.412. The van der Waals surface area contributed by atoms with E-state index in [2.05, 4.69) is 25.6 Å². The van der Waals surface area contributed by atoms with Gasteiger partial charge in [-0.1, -0.05) is 0 Å². The molecule has 1 aliphatic rings. The standard InChI is InChI=1S/C17H17F3N6O/c18-17(19,20)14-9-24-16(25-13-4-3-12(6-21)23-8-13)26-15(14)27-10-11-2-1-5-22-7-11/h3-4,8-9,11,22H,1-2,5,7,10H2,(H,24,25,26)/t11-/m1/s1. The summed E-state index contributed by atoms with van der Waals surface area (Å²) in [5.41, 5.74) is -0.357. The van der Waals surface area contributed by atoms with Gasteiger partial charge in [0.25, 0.3) is 0 Å². The average molecular weight is 378 g/mol. The topological polar surface area (TPSA) is 95.8 Å². The van der Waals surface area contributed by atoms with Crippen molar-refractivity contribution < 1.29 is 17.9 Å². The minimum absolute atomic E-state index is 0.0497. The van der Waals surface area contributed by atoms with Gasteiger partial charge in [0.15, 0.2) is 0 Å². The van der Waals surface area contributed by atoms with E-state index in [1.165, 1.54) is 12.3 Å². The number of nitriles is 1. The molecule has 1 saturated heterocycles. The van der Waals surface area contributed by atoms with Crippen molar-refractivity contribution in [1.82, 2.24) is 20.3 Å². The molecule has 0 aromatic carbocycles. The molecule has 0 bridgehead atoms. The van der Waals surface area contributed by atoms with Gasteiger partial charge in [-0.05, 0) is 31.5 Å². The lowest BCUT2D eigenvalue weighted by Gasteiger charge is -2.23. The number of hydrogen-bond donors (Lipinski definition) is 2. The highest BCUT2D eigenvalue weighted by molar-refractivity contribution is 5.53. The molecule has 10 heteroatoms. The summed E-state index contributed by atoms with van der Waals surface area (Å²) in [6.07, 6.45) is -0.701. The Kier molecular flexibility index (Phi) is 5.71. The SMILES string of the molecule is N#Cc1ccc(Nc2ncc(C(F)(F)F)c(OC[C@@H]3CCCNC3)n2)cn1. The van der Waals surface area contributed by atoms with Gasteiger partial charge in [-0.3, -0.25) is 0 Å². The predicted octanol–water partition coefficient (Wildman–Crippen LogP) is 2.88. The van der Waals surface area contributed by atoms with Crippen LogP contribution in [0.1, 0.15) is 24.1 Å². The number of aromatic nitrogens is 3. The van der Waals surface area contributed by atoms with Crippen LogP contribution in [0.5, 0.6) is 5.88 Å². The Hall–Kier alpha value is -2.93. The largest absolute Gasteiger partial charge is 0.477 e. The first-order chi connectivity index (χ1) is 13.0. The van der Waals surface area contributed by atoms with Gasteiger partial charge in [-0.15, -0.1) is 0 Å². The molecule has 2 N–H and O–H groups in total. The van der Waals surface area contributed by atoms with Crippen molar-refractivity contribution in [2.45, 2.75) is 19.0 Å². The lowest BCUT2D eigenvalue weighted by molar-refractivity contribution is -0.139. The Balaban J connectivity index is 1.77. The van der Waals surface area contributed by atoms with Gasteiger partial charge in [-0.25, -0.2) is 9.97 Å². The molecule has 2 aromatic rings. The van der Waals surface area contributed by atoms with Crippen LogP contribution in [0.4, 0.5) is 24.8 Å². The number of alkyl halides is 3. The van der Waals surface area contributed by atoms with Crippen LogP contribution in [0, 0.1) is 17.2 Å². The number of piperidine rings is 1. The predicted molar refractivity (Wildman–Crippen MR) is 90.4 cm³/mol. The van der Waals surface area contributed by atoms with Crippen molar-refractivity contribution >= 4 is 11.6 Å². The van der Waals surface area contributed by atoms with Crippen molar-refractivity contribution in [2.75, 3.05) is 25.0 Å². The Morgan fingerprint density at radius 1 is 1.30 bits per heavy atom. The highest BCUT2D eigenvalue weighted by Gasteiger charge is 2.36. The van der Waals surface area contributed by atoms with Crippen molar-refractivity contribution in [1.29, 1.82) is 5.26 Å². The molecule has 3 rings (SSSR count). The molecule has 0 aliphatic carbocycles. The molecule has 0 saturated carbocycles. The van der Waals surface area contributed by atoms with Crippen LogP contribution in [-0.4, -0.2) is 34.6 Å². The Morgan fingerprint density at radius 2 is 2.15 bits per heavy atom. The molecular formula is C17H17F3N6O. The van der Waals surface area contributed by atoms with E-state index in [4.69, 9.17) is 10.00 Å². The summed E-state index contributed by atoms with van der Waals surface area (Å²) in [6, 6.07) is 4.91. The Labute approximate surface area is 153 Å². The fourth-order valence-electron chi connectivity index (χ4n) is 2.66. The van der Waals surface area contributed by atoms with Gasteiger partial charge < -0.3 is 15.4 Å². The zero-order valence-corrected chi connectivity index (χ0v) is 14.3. The smallest absolute Gasteiger partial charge is 0.423 e. The van der Waals surface area contributed by atoms with E-state index in [1.807, 2.05) is 6.07 Å². The van der Waals surface area contributed by atoms with Gasteiger partial charge in [0.05, 0.1) is 18.5 Å². The molecule has 3 heterocycles. The molecule has 2 aromatic heterocycles. The van der Waals surface area contributed by atoms with Crippen LogP contribution in [0.15, 0.2) is 24.5 Å². The molecule has 0 spiro atoms. The minimum Gasteiger partial charge on any atom is -0.477 e. The molecule has 1 aliphatic heterocycles. The monoisotopic (exact) mass is 378 g/mol.